The van der Waals surface area contributed by atoms with Gasteiger partial charge in [-0.2, -0.15) is 5.10 Å². The Kier molecular flexibility index (Phi) is 8.45. The Morgan fingerprint density at radius 2 is 1.46 bits per heavy atom. The predicted octanol–water partition coefficient (Wildman–Crippen LogP) is 4.77. The molecule has 10 nitrogen and oxygen atoms in total. The maximum absolute atomic E-state index is 11.4. The summed E-state index contributed by atoms with van der Waals surface area (Å²) in [7, 11) is 7.60. The highest BCUT2D eigenvalue weighted by Crippen LogP contribution is 2.50. The van der Waals surface area contributed by atoms with Gasteiger partial charge in [0.2, 0.25) is 5.75 Å². The van der Waals surface area contributed by atoms with Crippen molar-refractivity contribution in [2.45, 2.75) is 6.54 Å². The van der Waals surface area contributed by atoms with E-state index in [4.69, 9.17) is 33.5 Å². The van der Waals surface area contributed by atoms with Crippen molar-refractivity contribution in [3.8, 4) is 57.0 Å². The van der Waals surface area contributed by atoms with E-state index >= 15 is 0 Å². The quantitative estimate of drug-likeness (QED) is 0.275. The molecule has 0 bridgehead atoms. The van der Waals surface area contributed by atoms with Gasteiger partial charge in [-0.3, -0.25) is 4.68 Å². The molecule has 0 aliphatic heterocycles. The maximum Gasteiger partial charge on any atom is 0.341 e. The average Bonchev–Trinajstić information content (AvgIpc) is 3.37. The Labute approximate surface area is 226 Å². The lowest BCUT2D eigenvalue weighted by Gasteiger charge is -2.18. The zero-order valence-corrected chi connectivity index (χ0v) is 22.4. The fourth-order valence-electron chi connectivity index (χ4n) is 4.35. The number of methoxy groups -OCH3 is 5. The van der Waals surface area contributed by atoms with Crippen LogP contribution in [0.4, 0.5) is 0 Å². The predicted molar refractivity (Wildman–Crippen MR) is 145 cm³/mol. The molecule has 1 aromatic heterocycles. The Balaban J connectivity index is 2.00. The van der Waals surface area contributed by atoms with Crippen molar-refractivity contribution in [3.63, 3.8) is 0 Å². The van der Waals surface area contributed by atoms with Gasteiger partial charge in [-0.1, -0.05) is 36.4 Å². The third-order valence-corrected chi connectivity index (χ3v) is 6.04. The lowest BCUT2D eigenvalue weighted by molar-refractivity contribution is -0.139. The minimum Gasteiger partial charge on any atom is -0.493 e. The highest BCUT2D eigenvalue weighted by molar-refractivity contribution is 5.84. The van der Waals surface area contributed by atoms with Crippen LogP contribution in [0.5, 0.6) is 34.5 Å². The standard InChI is InChI=1S/C29H30N2O8/c1-34-22-13-9-12-19(27(22)36-3)21-14-20(30-31(21)16-18-10-7-6-8-11-18)26-23(39-17-25(32)33)15-24(35-2)28(37-4)29(26)38-5/h6-15H,16-17H2,1-5H3,(H,32,33). The third-order valence-electron chi connectivity index (χ3n) is 6.04. The number of rotatable bonds is 12. The number of hydrogen-bond acceptors (Lipinski definition) is 8. The van der Waals surface area contributed by atoms with E-state index in [1.165, 1.54) is 21.3 Å². The molecule has 4 rings (SSSR count). The summed E-state index contributed by atoms with van der Waals surface area (Å²) in [5.41, 5.74) is 3.37. The molecule has 10 heteroatoms. The van der Waals surface area contributed by atoms with Crippen LogP contribution in [0.3, 0.4) is 0 Å². The monoisotopic (exact) mass is 534 g/mol. The van der Waals surface area contributed by atoms with Gasteiger partial charge in [-0.25, -0.2) is 4.79 Å². The fraction of sp³-hybridized carbons (Fsp3) is 0.241. The molecule has 0 spiro atoms. The highest BCUT2D eigenvalue weighted by Gasteiger charge is 2.27. The number of carbonyl (C=O) groups is 1. The first kappa shape index (κ1) is 27.2. The second-order valence-corrected chi connectivity index (χ2v) is 8.30. The molecule has 3 aromatic carbocycles. The molecular weight excluding hydrogens is 504 g/mol. The molecule has 39 heavy (non-hydrogen) atoms. The van der Waals surface area contributed by atoms with Crippen LogP contribution in [-0.4, -0.2) is 63.0 Å². The third kappa shape index (κ3) is 5.54. The second kappa shape index (κ2) is 12.1. The summed E-state index contributed by atoms with van der Waals surface area (Å²) in [6, 6.07) is 18.9. The van der Waals surface area contributed by atoms with Crippen LogP contribution in [0.25, 0.3) is 22.5 Å². The SMILES string of the molecule is COc1cccc(-c2cc(-c3c(OCC(=O)O)cc(OC)c(OC)c3OC)nn2Cc2ccccc2)c1OC. The molecule has 0 atom stereocenters. The van der Waals surface area contributed by atoms with Gasteiger partial charge in [0.1, 0.15) is 11.4 Å². The molecule has 1 N–H and O–H groups in total. The van der Waals surface area contributed by atoms with Crippen molar-refractivity contribution < 1.29 is 38.3 Å². The molecule has 0 unspecified atom stereocenters. The van der Waals surface area contributed by atoms with Crippen molar-refractivity contribution >= 4 is 5.97 Å². The van der Waals surface area contributed by atoms with E-state index in [9.17, 15) is 9.90 Å². The second-order valence-electron chi connectivity index (χ2n) is 8.30. The highest BCUT2D eigenvalue weighted by atomic mass is 16.5. The largest absolute Gasteiger partial charge is 0.493 e. The van der Waals surface area contributed by atoms with E-state index in [-0.39, 0.29) is 11.5 Å². The van der Waals surface area contributed by atoms with Crippen LogP contribution < -0.4 is 28.4 Å². The Hall–Kier alpha value is -4.86. The molecule has 0 fully saturated rings. The van der Waals surface area contributed by atoms with Crippen LogP contribution in [0.1, 0.15) is 5.56 Å². The van der Waals surface area contributed by atoms with Crippen molar-refractivity contribution in [2.24, 2.45) is 0 Å². The van der Waals surface area contributed by atoms with Gasteiger partial charge in [0.15, 0.2) is 29.6 Å². The van der Waals surface area contributed by atoms with Crippen molar-refractivity contribution in [2.75, 3.05) is 42.2 Å². The molecular formula is C29H30N2O8. The number of aromatic nitrogens is 2. The minimum atomic E-state index is -1.13. The molecule has 204 valence electrons. The summed E-state index contributed by atoms with van der Waals surface area (Å²) >= 11 is 0. The number of hydrogen-bond donors (Lipinski definition) is 1. The molecule has 4 aromatic rings. The summed E-state index contributed by atoms with van der Waals surface area (Å²) in [4.78, 5) is 11.4. The van der Waals surface area contributed by atoms with E-state index in [1.54, 1.807) is 20.3 Å². The first-order valence-electron chi connectivity index (χ1n) is 12.0. The minimum absolute atomic E-state index is 0.209. The smallest absolute Gasteiger partial charge is 0.341 e. The Morgan fingerprint density at radius 1 is 0.769 bits per heavy atom. The van der Waals surface area contributed by atoms with Gasteiger partial charge < -0.3 is 33.5 Å². The topological polar surface area (TPSA) is 111 Å². The number of carboxylic acid groups (broad SMARTS) is 1. The Morgan fingerprint density at radius 3 is 2.08 bits per heavy atom. The summed E-state index contributed by atoms with van der Waals surface area (Å²) in [6.07, 6.45) is 0. The van der Waals surface area contributed by atoms with E-state index < -0.39 is 12.6 Å². The first-order valence-corrected chi connectivity index (χ1v) is 12.0. The number of nitrogens with zero attached hydrogens (tertiary/aromatic N) is 2. The van der Waals surface area contributed by atoms with E-state index in [0.717, 1.165) is 16.8 Å². The van der Waals surface area contributed by atoms with Crippen LogP contribution in [0.15, 0.2) is 60.7 Å². The summed E-state index contributed by atoms with van der Waals surface area (Å²) in [6.45, 7) is -0.135. The first-order chi connectivity index (χ1) is 18.9. The molecule has 0 radical (unpaired) electrons. The van der Waals surface area contributed by atoms with Crippen LogP contribution in [0, 0.1) is 0 Å². The van der Waals surface area contributed by atoms with Gasteiger partial charge in [0.25, 0.3) is 0 Å². The van der Waals surface area contributed by atoms with Crippen molar-refractivity contribution in [1.29, 1.82) is 0 Å². The number of benzene rings is 3. The molecule has 0 saturated carbocycles. The summed E-state index contributed by atoms with van der Waals surface area (Å²) in [5.74, 6) is 1.10. The Bertz CT molecular complexity index is 1450. The number of ether oxygens (including phenoxy) is 6. The average molecular weight is 535 g/mol. The van der Waals surface area contributed by atoms with Gasteiger partial charge in [0, 0.05) is 11.6 Å². The maximum atomic E-state index is 11.4. The van der Waals surface area contributed by atoms with Crippen molar-refractivity contribution in [3.05, 3.63) is 66.2 Å². The molecule has 0 amide bonds. The molecule has 0 aliphatic rings. The van der Waals surface area contributed by atoms with Crippen LogP contribution >= 0.6 is 0 Å². The summed E-state index contributed by atoms with van der Waals surface area (Å²) in [5, 5.41) is 14.2. The molecule has 0 aliphatic carbocycles. The van der Waals surface area contributed by atoms with E-state index in [1.807, 2.05) is 59.3 Å². The van der Waals surface area contributed by atoms with E-state index in [2.05, 4.69) is 0 Å². The number of aliphatic carboxylic acids is 1. The van der Waals surface area contributed by atoms with E-state index in [0.29, 0.717) is 40.8 Å². The zero-order chi connectivity index (χ0) is 27.9. The van der Waals surface area contributed by atoms with Crippen LogP contribution in [0.2, 0.25) is 0 Å². The van der Waals surface area contributed by atoms with Gasteiger partial charge in [0.05, 0.1) is 53.4 Å². The fourth-order valence-corrected chi connectivity index (χ4v) is 4.35. The molecule has 1 heterocycles. The van der Waals surface area contributed by atoms with Gasteiger partial charge in [-0.15, -0.1) is 0 Å². The normalized spacial score (nSPS) is 10.6. The lowest BCUT2D eigenvalue weighted by atomic mass is 10.0. The number of carboxylic acids is 1. The summed E-state index contributed by atoms with van der Waals surface area (Å²) < 4.78 is 35.6. The van der Waals surface area contributed by atoms with Gasteiger partial charge in [-0.05, 0) is 23.8 Å². The molecule has 0 saturated heterocycles. The zero-order valence-electron chi connectivity index (χ0n) is 22.4. The lowest BCUT2D eigenvalue weighted by Crippen LogP contribution is -2.11. The van der Waals surface area contributed by atoms with Gasteiger partial charge >= 0.3 is 5.97 Å². The van der Waals surface area contributed by atoms with Crippen molar-refractivity contribution in [1.82, 2.24) is 9.78 Å². The number of para-hydroxylation sites is 1. The van der Waals surface area contributed by atoms with Crippen LogP contribution in [-0.2, 0) is 11.3 Å².